The van der Waals surface area contributed by atoms with Gasteiger partial charge in [-0.1, -0.05) is 13.8 Å². The molecule has 1 aromatic rings. The Bertz CT molecular complexity index is 404. The smallest absolute Gasteiger partial charge is 0.365 e. The van der Waals surface area contributed by atoms with Crippen molar-refractivity contribution >= 4 is 17.3 Å². The largest absolute Gasteiger partial charge is 0.476 e. The zero-order chi connectivity index (χ0) is 12.5. The lowest BCUT2D eigenvalue weighted by atomic mass is 9.83. The number of carboxylic acid groups (broad SMARTS) is 1. The molecule has 94 valence electrons. The van der Waals surface area contributed by atoms with Crippen LogP contribution >= 0.6 is 11.3 Å². The standard InChI is InChI=1S/C12H18N2O2S/c1-12(2)3-5-14(6-4-12)7-9-8-17-10(13-9)11(15)16/h8H,3-7H2,1-2H3,(H,15,16). The van der Waals surface area contributed by atoms with Gasteiger partial charge < -0.3 is 5.11 Å². The molecule has 17 heavy (non-hydrogen) atoms. The second-order valence-electron chi connectivity index (χ2n) is 5.39. The minimum absolute atomic E-state index is 0.192. The highest BCUT2D eigenvalue weighted by Gasteiger charge is 2.25. The lowest BCUT2D eigenvalue weighted by molar-refractivity contribution is 0.0696. The second-order valence-corrected chi connectivity index (χ2v) is 6.25. The number of carboxylic acids is 1. The second kappa shape index (κ2) is 4.74. The van der Waals surface area contributed by atoms with Crippen LogP contribution in [0.2, 0.25) is 0 Å². The summed E-state index contributed by atoms with van der Waals surface area (Å²) in [6.07, 6.45) is 2.39. The molecule has 1 aromatic heterocycles. The van der Waals surface area contributed by atoms with Gasteiger partial charge in [0, 0.05) is 11.9 Å². The first kappa shape index (κ1) is 12.5. The average Bonchev–Trinajstić information content (AvgIpc) is 2.70. The zero-order valence-electron chi connectivity index (χ0n) is 10.3. The summed E-state index contributed by atoms with van der Waals surface area (Å²) in [4.78, 5) is 17.2. The molecule has 0 unspecified atom stereocenters. The Morgan fingerprint density at radius 3 is 2.71 bits per heavy atom. The number of thiazole rings is 1. The van der Waals surface area contributed by atoms with E-state index in [2.05, 4.69) is 23.7 Å². The van der Waals surface area contributed by atoms with Crippen LogP contribution in [-0.2, 0) is 6.54 Å². The third kappa shape index (κ3) is 3.26. The van der Waals surface area contributed by atoms with Crippen molar-refractivity contribution in [2.75, 3.05) is 13.1 Å². The molecule has 0 amide bonds. The quantitative estimate of drug-likeness (QED) is 0.900. The molecule has 0 aromatic carbocycles. The van der Waals surface area contributed by atoms with Crippen molar-refractivity contribution in [2.24, 2.45) is 5.41 Å². The van der Waals surface area contributed by atoms with Gasteiger partial charge in [0.25, 0.3) is 0 Å². The lowest BCUT2D eigenvalue weighted by Gasteiger charge is -2.36. The van der Waals surface area contributed by atoms with Gasteiger partial charge in [-0.15, -0.1) is 11.3 Å². The van der Waals surface area contributed by atoms with E-state index < -0.39 is 5.97 Å². The van der Waals surface area contributed by atoms with Crippen molar-refractivity contribution in [1.82, 2.24) is 9.88 Å². The number of likely N-dealkylation sites (tertiary alicyclic amines) is 1. The molecule has 4 nitrogen and oxygen atoms in total. The van der Waals surface area contributed by atoms with Crippen LogP contribution in [-0.4, -0.2) is 34.0 Å². The molecule has 0 saturated carbocycles. The van der Waals surface area contributed by atoms with E-state index in [0.717, 1.165) is 25.3 Å². The fourth-order valence-corrected chi connectivity index (χ4v) is 2.67. The van der Waals surface area contributed by atoms with Crippen LogP contribution in [0.5, 0.6) is 0 Å². The third-order valence-electron chi connectivity index (χ3n) is 3.33. The predicted molar refractivity (Wildman–Crippen MR) is 67.4 cm³/mol. The maximum absolute atomic E-state index is 10.7. The minimum atomic E-state index is -0.930. The molecule has 0 bridgehead atoms. The fourth-order valence-electron chi connectivity index (χ4n) is 2.02. The van der Waals surface area contributed by atoms with Gasteiger partial charge >= 0.3 is 5.97 Å². The molecule has 1 fully saturated rings. The highest BCUT2D eigenvalue weighted by molar-refractivity contribution is 7.11. The normalized spacial score (nSPS) is 20.4. The summed E-state index contributed by atoms with van der Waals surface area (Å²) in [6, 6.07) is 0. The summed E-state index contributed by atoms with van der Waals surface area (Å²) in [7, 11) is 0. The highest BCUT2D eigenvalue weighted by atomic mass is 32.1. The van der Waals surface area contributed by atoms with Gasteiger partial charge in [-0.3, -0.25) is 4.90 Å². The summed E-state index contributed by atoms with van der Waals surface area (Å²) in [5.41, 5.74) is 1.33. The number of rotatable bonds is 3. The van der Waals surface area contributed by atoms with Crippen LogP contribution in [0.25, 0.3) is 0 Å². The molecule has 0 radical (unpaired) electrons. The molecular formula is C12H18N2O2S. The first-order valence-corrected chi connectivity index (χ1v) is 6.74. The van der Waals surface area contributed by atoms with Crippen molar-refractivity contribution < 1.29 is 9.90 Å². The summed E-state index contributed by atoms with van der Waals surface area (Å²) in [6.45, 7) is 7.53. The molecular weight excluding hydrogens is 236 g/mol. The third-order valence-corrected chi connectivity index (χ3v) is 4.21. The van der Waals surface area contributed by atoms with E-state index in [9.17, 15) is 4.79 Å². The Morgan fingerprint density at radius 1 is 1.53 bits per heavy atom. The number of hydrogen-bond acceptors (Lipinski definition) is 4. The fraction of sp³-hybridized carbons (Fsp3) is 0.667. The number of hydrogen-bond donors (Lipinski definition) is 1. The summed E-state index contributed by atoms with van der Waals surface area (Å²) in [5, 5.41) is 10.8. The SMILES string of the molecule is CC1(C)CCN(Cc2csc(C(=O)O)n2)CC1. The van der Waals surface area contributed by atoms with Crippen molar-refractivity contribution in [1.29, 1.82) is 0 Å². The van der Waals surface area contributed by atoms with Gasteiger partial charge in [0.15, 0.2) is 0 Å². The predicted octanol–water partition coefficient (Wildman–Crippen LogP) is 2.46. The number of aromatic carboxylic acids is 1. The van der Waals surface area contributed by atoms with Gasteiger partial charge in [-0.25, -0.2) is 9.78 Å². The minimum Gasteiger partial charge on any atom is -0.476 e. The van der Waals surface area contributed by atoms with Crippen molar-refractivity contribution in [3.63, 3.8) is 0 Å². The molecule has 0 atom stereocenters. The van der Waals surface area contributed by atoms with E-state index in [1.165, 1.54) is 24.2 Å². The van der Waals surface area contributed by atoms with Gasteiger partial charge in [-0.05, 0) is 31.3 Å². The van der Waals surface area contributed by atoms with Crippen LogP contribution in [0.15, 0.2) is 5.38 Å². The average molecular weight is 254 g/mol. The molecule has 1 aliphatic rings. The van der Waals surface area contributed by atoms with Gasteiger partial charge in [0.2, 0.25) is 5.01 Å². The Hall–Kier alpha value is -0.940. The monoisotopic (exact) mass is 254 g/mol. The maximum atomic E-state index is 10.7. The van der Waals surface area contributed by atoms with E-state index in [1.54, 1.807) is 0 Å². The number of aromatic nitrogens is 1. The topological polar surface area (TPSA) is 53.4 Å². The summed E-state index contributed by atoms with van der Waals surface area (Å²) >= 11 is 1.21. The molecule has 1 saturated heterocycles. The van der Waals surface area contributed by atoms with Crippen molar-refractivity contribution in [3.8, 4) is 0 Å². The Morgan fingerprint density at radius 2 is 2.18 bits per heavy atom. The van der Waals surface area contributed by atoms with E-state index in [0.29, 0.717) is 5.41 Å². The molecule has 5 heteroatoms. The maximum Gasteiger partial charge on any atom is 0.365 e. The highest BCUT2D eigenvalue weighted by Crippen LogP contribution is 2.30. The van der Waals surface area contributed by atoms with E-state index in [4.69, 9.17) is 5.11 Å². The number of nitrogens with zero attached hydrogens (tertiary/aromatic N) is 2. The van der Waals surface area contributed by atoms with Gasteiger partial charge in [0.1, 0.15) is 0 Å². The van der Waals surface area contributed by atoms with E-state index >= 15 is 0 Å². The van der Waals surface area contributed by atoms with Gasteiger partial charge in [-0.2, -0.15) is 0 Å². The Labute approximate surface area is 105 Å². The van der Waals surface area contributed by atoms with Gasteiger partial charge in [0.05, 0.1) is 5.69 Å². The van der Waals surface area contributed by atoms with Crippen LogP contribution in [0, 0.1) is 5.41 Å². The van der Waals surface area contributed by atoms with Crippen LogP contribution in [0.3, 0.4) is 0 Å². The van der Waals surface area contributed by atoms with Crippen LogP contribution < -0.4 is 0 Å². The number of carbonyl (C=O) groups is 1. The molecule has 0 aliphatic carbocycles. The lowest BCUT2D eigenvalue weighted by Crippen LogP contribution is -2.36. The molecule has 0 spiro atoms. The van der Waals surface area contributed by atoms with Crippen molar-refractivity contribution in [3.05, 3.63) is 16.1 Å². The molecule has 2 heterocycles. The van der Waals surface area contributed by atoms with Crippen LogP contribution in [0.1, 0.15) is 42.2 Å². The first-order chi connectivity index (χ1) is 7.96. The van der Waals surface area contributed by atoms with E-state index in [1.807, 2.05) is 5.38 Å². The van der Waals surface area contributed by atoms with E-state index in [-0.39, 0.29) is 5.01 Å². The summed E-state index contributed by atoms with van der Waals surface area (Å²) < 4.78 is 0. The van der Waals surface area contributed by atoms with Crippen LogP contribution in [0.4, 0.5) is 0 Å². The first-order valence-electron chi connectivity index (χ1n) is 5.86. The molecule has 2 rings (SSSR count). The Kier molecular flexibility index (Phi) is 3.49. The Balaban J connectivity index is 1.91. The molecule has 1 aliphatic heterocycles. The summed E-state index contributed by atoms with van der Waals surface area (Å²) in [5.74, 6) is -0.930. The number of piperidine rings is 1. The zero-order valence-corrected chi connectivity index (χ0v) is 11.1. The van der Waals surface area contributed by atoms with Crippen molar-refractivity contribution in [2.45, 2.75) is 33.2 Å². The molecule has 1 N–H and O–H groups in total.